The number of aryl methyl sites for hydroxylation is 1. The van der Waals surface area contributed by atoms with Gasteiger partial charge in [0.2, 0.25) is 0 Å². The van der Waals surface area contributed by atoms with Gasteiger partial charge in [0.25, 0.3) is 0 Å². The molecule has 0 aliphatic heterocycles. The summed E-state index contributed by atoms with van der Waals surface area (Å²) in [5.41, 5.74) is 2.67. The number of ketones is 1. The molecular weight excluding hydrogens is 422 g/mol. The van der Waals surface area contributed by atoms with Crippen molar-refractivity contribution in [3.8, 4) is 17.2 Å². The molecule has 0 N–H and O–H groups in total. The monoisotopic (exact) mass is 445 g/mol. The minimum Gasteiger partial charge on any atom is -0.497 e. The summed E-state index contributed by atoms with van der Waals surface area (Å²) in [6.45, 7) is 2.26. The Morgan fingerprint density at radius 2 is 1.72 bits per heavy atom. The molecule has 0 bridgehead atoms. The first-order chi connectivity index (χ1) is 15.6. The molecule has 162 valence electrons. The van der Waals surface area contributed by atoms with Crippen molar-refractivity contribution < 1.29 is 14.3 Å². The topological polar surface area (TPSA) is 66.2 Å². The first-order valence-electron chi connectivity index (χ1n) is 10.1. The van der Waals surface area contributed by atoms with Crippen molar-refractivity contribution >= 4 is 17.5 Å². The summed E-state index contributed by atoms with van der Waals surface area (Å²) in [4.78, 5) is 12.6. The van der Waals surface area contributed by atoms with Crippen molar-refractivity contribution in [1.29, 1.82) is 0 Å². The molecule has 1 heterocycles. The maximum absolute atomic E-state index is 12.6. The Kier molecular flexibility index (Phi) is 6.87. The fourth-order valence-electron chi connectivity index (χ4n) is 3.17. The molecule has 0 aliphatic carbocycles. The van der Waals surface area contributed by atoms with Crippen LogP contribution in [0.3, 0.4) is 0 Å². The van der Waals surface area contributed by atoms with Crippen molar-refractivity contribution in [2.75, 3.05) is 12.9 Å². The molecule has 0 radical (unpaired) electrons. The zero-order valence-corrected chi connectivity index (χ0v) is 18.7. The normalized spacial score (nSPS) is 10.7. The minimum absolute atomic E-state index is 0.0393. The number of carbonyl (C=O) groups is 1. The molecule has 32 heavy (non-hydrogen) atoms. The minimum atomic E-state index is 0.0393. The van der Waals surface area contributed by atoms with Crippen molar-refractivity contribution in [3.63, 3.8) is 0 Å². The fraction of sp³-hybridized carbons (Fsp3) is 0.160. The second-order valence-electron chi connectivity index (χ2n) is 7.12. The Bertz CT molecular complexity index is 1190. The zero-order chi connectivity index (χ0) is 22.3. The number of nitrogens with zero attached hydrogens (tertiary/aromatic N) is 3. The van der Waals surface area contributed by atoms with Crippen molar-refractivity contribution in [2.45, 2.75) is 18.7 Å². The van der Waals surface area contributed by atoms with Gasteiger partial charge in [-0.1, -0.05) is 54.2 Å². The van der Waals surface area contributed by atoms with E-state index in [4.69, 9.17) is 9.47 Å². The molecule has 0 atom stereocenters. The van der Waals surface area contributed by atoms with Gasteiger partial charge in [0, 0.05) is 11.3 Å². The second kappa shape index (κ2) is 10.2. The van der Waals surface area contributed by atoms with Gasteiger partial charge in [0.1, 0.15) is 18.1 Å². The molecule has 0 unspecified atom stereocenters. The fourth-order valence-corrected chi connectivity index (χ4v) is 4.03. The van der Waals surface area contributed by atoms with Crippen LogP contribution in [0.25, 0.3) is 5.69 Å². The van der Waals surface area contributed by atoms with Gasteiger partial charge in [0.05, 0.1) is 12.9 Å². The number of Topliss-reactive ketones (excluding diaryl/α,β-unsaturated/α-hetero) is 1. The molecule has 1 aromatic heterocycles. The van der Waals surface area contributed by atoms with E-state index in [1.165, 1.54) is 11.8 Å². The van der Waals surface area contributed by atoms with Gasteiger partial charge in [-0.15, -0.1) is 10.2 Å². The van der Waals surface area contributed by atoms with E-state index in [1.54, 1.807) is 7.11 Å². The number of benzene rings is 3. The molecular formula is C25H23N3O3S. The van der Waals surface area contributed by atoms with Crippen LogP contribution in [0, 0.1) is 6.92 Å². The Morgan fingerprint density at radius 3 is 2.44 bits per heavy atom. The van der Waals surface area contributed by atoms with Gasteiger partial charge >= 0.3 is 0 Å². The number of carbonyl (C=O) groups excluding carboxylic acids is 1. The average molecular weight is 446 g/mol. The van der Waals surface area contributed by atoms with E-state index in [0.29, 0.717) is 16.5 Å². The van der Waals surface area contributed by atoms with E-state index in [-0.39, 0.29) is 18.1 Å². The molecule has 3 aromatic carbocycles. The van der Waals surface area contributed by atoms with E-state index in [0.717, 1.165) is 22.7 Å². The lowest BCUT2D eigenvalue weighted by Crippen LogP contribution is -2.08. The zero-order valence-electron chi connectivity index (χ0n) is 17.9. The summed E-state index contributed by atoms with van der Waals surface area (Å²) in [5, 5.41) is 9.32. The molecule has 0 saturated carbocycles. The number of aromatic nitrogens is 3. The van der Waals surface area contributed by atoms with Crippen molar-refractivity contribution in [2.24, 2.45) is 0 Å². The third-order valence-corrected chi connectivity index (χ3v) is 5.75. The van der Waals surface area contributed by atoms with E-state index >= 15 is 0 Å². The number of hydrogen-bond donors (Lipinski definition) is 0. The van der Waals surface area contributed by atoms with Gasteiger partial charge in [-0.3, -0.25) is 9.36 Å². The molecule has 0 aliphatic rings. The van der Waals surface area contributed by atoms with Crippen molar-refractivity contribution in [3.05, 3.63) is 95.8 Å². The SMILES string of the molecule is COc1ccc(-n2c(COc3cccc(C)c3)nnc2SCC(=O)c2ccccc2)cc1. The van der Waals surface area contributed by atoms with Crippen LogP contribution < -0.4 is 9.47 Å². The summed E-state index contributed by atoms with van der Waals surface area (Å²) in [6.07, 6.45) is 0. The third-order valence-electron chi connectivity index (χ3n) is 4.82. The van der Waals surface area contributed by atoms with Crippen molar-refractivity contribution in [1.82, 2.24) is 14.8 Å². The van der Waals surface area contributed by atoms with Crippen LogP contribution >= 0.6 is 11.8 Å². The highest BCUT2D eigenvalue weighted by Gasteiger charge is 2.17. The van der Waals surface area contributed by atoms with Gasteiger partial charge in [0.15, 0.2) is 16.8 Å². The summed E-state index contributed by atoms with van der Waals surface area (Å²) < 4.78 is 13.2. The predicted octanol–water partition coefficient (Wildman–Crippen LogP) is 5.14. The number of methoxy groups -OCH3 is 1. The van der Waals surface area contributed by atoms with E-state index in [9.17, 15) is 4.79 Å². The van der Waals surface area contributed by atoms with Crippen LogP contribution in [-0.4, -0.2) is 33.4 Å². The van der Waals surface area contributed by atoms with E-state index < -0.39 is 0 Å². The van der Waals surface area contributed by atoms with Crippen LogP contribution in [0.5, 0.6) is 11.5 Å². The van der Waals surface area contributed by atoms with Gasteiger partial charge in [-0.2, -0.15) is 0 Å². The molecule has 4 rings (SSSR count). The highest BCUT2D eigenvalue weighted by molar-refractivity contribution is 7.99. The van der Waals surface area contributed by atoms with Crippen LogP contribution in [0.2, 0.25) is 0 Å². The maximum atomic E-state index is 12.6. The molecule has 0 fully saturated rings. The molecule has 7 heteroatoms. The largest absolute Gasteiger partial charge is 0.497 e. The quantitative estimate of drug-likeness (QED) is 0.263. The van der Waals surface area contributed by atoms with Crippen LogP contribution in [0.15, 0.2) is 84.0 Å². The summed E-state index contributed by atoms with van der Waals surface area (Å²) >= 11 is 1.35. The number of rotatable bonds is 9. The Hall–Kier alpha value is -3.58. The van der Waals surface area contributed by atoms with E-state index in [2.05, 4.69) is 10.2 Å². The Labute approximate surface area is 191 Å². The molecule has 0 saturated heterocycles. The standard InChI is InChI=1S/C25H23N3O3S/c1-18-7-6-10-22(15-18)31-16-24-26-27-25(28(24)20-11-13-21(30-2)14-12-20)32-17-23(29)19-8-4-3-5-9-19/h3-15H,16-17H2,1-2H3. The second-order valence-corrected chi connectivity index (χ2v) is 8.06. The maximum Gasteiger partial charge on any atom is 0.196 e. The lowest BCUT2D eigenvalue weighted by molar-refractivity contribution is 0.102. The molecule has 0 spiro atoms. The summed E-state index contributed by atoms with van der Waals surface area (Å²) in [6, 6.07) is 24.7. The van der Waals surface area contributed by atoms with Crippen LogP contribution in [0.1, 0.15) is 21.7 Å². The lowest BCUT2D eigenvalue weighted by Gasteiger charge is -2.12. The lowest BCUT2D eigenvalue weighted by atomic mass is 10.2. The highest BCUT2D eigenvalue weighted by Crippen LogP contribution is 2.25. The van der Waals surface area contributed by atoms with Gasteiger partial charge in [-0.05, 0) is 48.9 Å². The summed E-state index contributed by atoms with van der Waals surface area (Å²) in [7, 11) is 1.63. The third kappa shape index (κ3) is 5.18. The van der Waals surface area contributed by atoms with Crippen LogP contribution in [-0.2, 0) is 6.61 Å². The smallest absolute Gasteiger partial charge is 0.196 e. The molecule has 4 aromatic rings. The summed E-state index contributed by atoms with van der Waals surface area (Å²) in [5.74, 6) is 2.47. The number of thioether (sulfide) groups is 1. The predicted molar refractivity (Wildman–Crippen MR) is 125 cm³/mol. The Morgan fingerprint density at radius 1 is 0.938 bits per heavy atom. The van der Waals surface area contributed by atoms with E-state index in [1.807, 2.05) is 90.4 Å². The molecule has 6 nitrogen and oxygen atoms in total. The average Bonchev–Trinajstić information content (AvgIpc) is 3.24. The molecule has 0 amide bonds. The number of ether oxygens (including phenoxy) is 2. The first kappa shape index (κ1) is 21.6. The first-order valence-corrected chi connectivity index (χ1v) is 11.1. The van der Waals surface area contributed by atoms with Gasteiger partial charge < -0.3 is 9.47 Å². The Balaban J connectivity index is 1.58. The van der Waals surface area contributed by atoms with Gasteiger partial charge in [-0.25, -0.2) is 0 Å². The highest BCUT2D eigenvalue weighted by atomic mass is 32.2. The number of hydrogen-bond acceptors (Lipinski definition) is 6. The van der Waals surface area contributed by atoms with Crippen LogP contribution in [0.4, 0.5) is 0 Å².